The van der Waals surface area contributed by atoms with Crippen LogP contribution in [-0.2, 0) is 4.79 Å². The first kappa shape index (κ1) is 9.70. The van der Waals surface area contributed by atoms with E-state index in [0.29, 0.717) is 0 Å². The Bertz CT molecular complexity index is 406. The Kier molecular flexibility index (Phi) is 2.31. The molecule has 3 rings (SSSR count). The van der Waals surface area contributed by atoms with Crippen LogP contribution in [0.25, 0.3) is 0 Å². The first-order valence-electron chi connectivity index (χ1n) is 6.00. The fourth-order valence-electron chi connectivity index (χ4n) is 2.62. The third kappa shape index (κ3) is 1.47. The molecule has 3 aliphatic heterocycles. The number of hydrogen-bond donors (Lipinski definition) is 1. The second-order valence-electron chi connectivity index (χ2n) is 4.52. The fourth-order valence-corrected chi connectivity index (χ4v) is 2.62. The van der Waals surface area contributed by atoms with Crippen LogP contribution < -0.4 is 5.32 Å². The summed E-state index contributed by atoms with van der Waals surface area (Å²) in [6.07, 6.45) is 11.4. The van der Waals surface area contributed by atoms with Gasteiger partial charge in [0, 0.05) is 24.5 Å². The summed E-state index contributed by atoms with van der Waals surface area (Å²) < 4.78 is 0. The minimum atomic E-state index is 0.0639. The van der Waals surface area contributed by atoms with Gasteiger partial charge in [-0.1, -0.05) is 6.08 Å². The van der Waals surface area contributed by atoms with Crippen molar-refractivity contribution >= 4 is 5.91 Å². The smallest absolute Gasteiger partial charge is 0.236 e. The predicted octanol–water partition coefficient (Wildman–Crippen LogP) is 1.56. The number of piperidine rings is 1. The quantitative estimate of drug-likeness (QED) is 0.666. The van der Waals surface area contributed by atoms with Crippen molar-refractivity contribution < 1.29 is 4.79 Å². The van der Waals surface area contributed by atoms with Crippen LogP contribution in [-0.4, -0.2) is 23.9 Å². The number of rotatable bonds is 0. The van der Waals surface area contributed by atoms with Gasteiger partial charge in [-0.05, 0) is 37.5 Å². The first-order valence-corrected chi connectivity index (χ1v) is 6.00. The molecule has 3 heterocycles. The fraction of sp³-hybridized carbons (Fsp3) is 0.462. The molecule has 0 saturated carbocycles. The number of carbonyl (C=O) groups excluding carboxylic acids is 1. The maximum absolute atomic E-state index is 12.4. The number of nitrogens with one attached hydrogen (secondary N) is 1. The van der Waals surface area contributed by atoms with Crippen molar-refractivity contribution in [2.24, 2.45) is 5.92 Å². The van der Waals surface area contributed by atoms with Crippen LogP contribution in [0.15, 0.2) is 35.7 Å². The van der Waals surface area contributed by atoms with E-state index in [2.05, 4.69) is 29.6 Å². The topological polar surface area (TPSA) is 32.3 Å². The van der Waals surface area contributed by atoms with Gasteiger partial charge in [0.05, 0.1) is 5.92 Å². The molecule has 1 N–H and O–H groups in total. The Morgan fingerprint density at radius 2 is 2.31 bits per heavy atom. The maximum atomic E-state index is 12.4. The van der Waals surface area contributed by atoms with Crippen LogP contribution in [0, 0.1) is 5.92 Å². The van der Waals surface area contributed by atoms with Gasteiger partial charge in [0.1, 0.15) is 0 Å². The van der Waals surface area contributed by atoms with Crippen LogP contribution in [0.5, 0.6) is 0 Å². The predicted molar refractivity (Wildman–Crippen MR) is 62.4 cm³/mol. The minimum absolute atomic E-state index is 0.0639. The molecule has 1 saturated heterocycles. The van der Waals surface area contributed by atoms with Crippen LogP contribution in [0.1, 0.15) is 19.3 Å². The standard InChI is InChI=1S/C13H16N2O/c16-13-11-5-3-8-14-12(11)7-6-10-4-1-2-9-15(10)13/h1,4,6-7,11,14H,2-3,5,8-9H2. The normalized spacial score (nSPS) is 28.4. The number of fused-ring (bicyclic) bond motifs is 2. The van der Waals surface area contributed by atoms with E-state index < -0.39 is 0 Å². The van der Waals surface area contributed by atoms with Crippen molar-refractivity contribution in [3.8, 4) is 0 Å². The molecule has 3 heteroatoms. The van der Waals surface area contributed by atoms with Crippen molar-refractivity contribution in [2.75, 3.05) is 13.1 Å². The molecule has 1 fully saturated rings. The van der Waals surface area contributed by atoms with Crippen LogP contribution in [0.2, 0.25) is 0 Å². The van der Waals surface area contributed by atoms with Gasteiger partial charge in [0.2, 0.25) is 5.91 Å². The number of carbonyl (C=O) groups is 1. The monoisotopic (exact) mass is 216 g/mol. The van der Waals surface area contributed by atoms with Gasteiger partial charge in [-0.15, -0.1) is 0 Å². The van der Waals surface area contributed by atoms with E-state index in [-0.39, 0.29) is 11.8 Å². The zero-order chi connectivity index (χ0) is 11.0. The Balaban J connectivity index is 1.98. The molecule has 3 nitrogen and oxygen atoms in total. The van der Waals surface area contributed by atoms with E-state index in [0.717, 1.165) is 43.7 Å². The summed E-state index contributed by atoms with van der Waals surface area (Å²) in [6, 6.07) is 0. The molecule has 0 bridgehead atoms. The van der Waals surface area contributed by atoms with E-state index in [1.54, 1.807) is 0 Å². The van der Waals surface area contributed by atoms with Crippen molar-refractivity contribution in [1.29, 1.82) is 0 Å². The van der Waals surface area contributed by atoms with Gasteiger partial charge in [0.25, 0.3) is 0 Å². The van der Waals surface area contributed by atoms with Gasteiger partial charge in [-0.2, -0.15) is 0 Å². The van der Waals surface area contributed by atoms with E-state index in [9.17, 15) is 4.79 Å². The molecule has 1 amide bonds. The highest BCUT2D eigenvalue weighted by Gasteiger charge is 2.32. The lowest BCUT2D eigenvalue weighted by Gasteiger charge is -2.31. The third-order valence-electron chi connectivity index (χ3n) is 3.49. The third-order valence-corrected chi connectivity index (χ3v) is 3.49. The molecule has 84 valence electrons. The minimum Gasteiger partial charge on any atom is -0.388 e. The molecule has 1 unspecified atom stereocenters. The molecule has 0 aromatic carbocycles. The molecule has 16 heavy (non-hydrogen) atoms. The lowest BCUT2D eigenvalue weighted by molar-refractivity contribution is -0.132. The molecule has 1 atom stereocenters. The number of amides is 1. The van der Waals surface area contributed by atoms with Gasteiger partial charge in [-0.25, -0.2) is 0 Å². The molecule has 0 aromatic heterocycles. The zero-order valence-electron chi connectivity index (χ0n) is 9.28. The number of hydrogen-bond acceptors (Lipinski definition) is 2. The van der Waals surface area contributed by atoms with E-state index >= 15 is 0 Å². The van der Waals surface area contributed by atoms with Crippen molar-refractivity contribution in [1.82, 2.24) is 10.2 Å². The Morgan fingerprint density at radius 3 is 3.25 bits per heavy atom. The summed E-state index contributed by atoms with van der Waals surface area (Å²) in [4.78, 5) is 14.3. The molecule has 0 spiro atoms. The molecule has 0 aromatic rings. The SMILES string of the molecule is O=C1C2CCCNC2=CC=C2C=CCCN12. The van der Waals surface area contributed by atoms with Gasteiger partial charge < -0.3 is 10.2 Å². The Labute approximate surface area is 95.5 Å². The Morgan fingerprint density at radius 1 is 1.38 bits per heavy atom. The first-order chi connectivity index (χ1) is 7.86. The molecular formula is C13H16N2O. The van der Waals surface area contributed by atoms with Crippen LogP contribution in [0.4, 0.5) is 0 Å². The summed E-state index contributed by atoms with van der Waals surface area (Å²) in [6.45, 7) is 1.83. The highest BCUT2D eigenvalue weighted by molar-refractivity contribution is 5.85. The van der Waals surface area contributed by atoms with Gasteiger partial charge >= 0.3 is 0 Å². The van der Waals surface area contributed by atoms with E-state index in [1.807, 2.05) is 4.90 Å². The zero-order valence-corrected chi connectivity index (χ0v) is 9.28. The second kappa shape index (κ2) is 3.81. The molecular weight excluding hydrogens is 200 g/mol. The van der Waals surface area contributed by atoms with Gasteiger partial charge in [0.15, 0.2) is 0 Å². The summed E-state index contributed by atoms with van der Waals surface area (Å²) in [5.74, 6) is 0.334. The highest BCUT2D eigenvalue weighted by atomic mass is 16.2. The van der Waals surface area contributed by atoms with E-state index in [1.165, 1.54) is 0 Å². The maximum Gasteiger partial charge on any atom is 0.236 e. The average Bonchev–Trinajstić information content (AvgIpc) is 2.49. The highest BCUT2D eigenvalue weighted by Crippen LogP contribution is 2.28. The average molecular weight is 216 g/mol. The van der Waals surface area contributed by atoms with E-state index in [4.69, 9.17) is 0 Å². The lowest BCUT2D eigenvalue weighted by atomic mass is 9.94. The van der Waals surface area contributed by atoms with Crippen molar-refractivity contribution in [2.45, 2.75) is 19.3 Å². The van der Waals surface area contributed by atoms with Crippen molar-refractivity contribution in [3.63, 3.8) is 0 Å². The summed E-state index contributed by atoms with van der Waals surface area (Å²) in [5.41, 5.74) is 2.14. The number of nitrogens with zero attached hydrogens (tertiary/aromatic N) is 1. The van der Waals surface area contributed by atoms with Gasteiger partial charge in [-0.3, -0.25) is 4.79 Å². The Hall–Kier alpha value is -1.51. The number of allylic oxidation sites excluding steroid dienone is 3. The van der Waals surface area contributed by atoms with Crippen LogP contribution in [0.3, 0.4) is 0 Å². The summed E-state index contributed by atoms with van der Waals surface area (Å²) in [7, 11) is 0. The summed E-state index contributed by atoms with van der Waals surface area (Å²) in [5, 5.41) is 3.35. The van der Waals surface area contributed by atoms with Crippen LogP contribution >= 0.6 is 0 Å². The van der Waals surface area contributed by atoms with Crippen molar-refractivity contribution in [3.05, 3.63) is 35.7 Å². The lowest BCUT2D eigenvalue weighted by Crippen LogP contribution is -2.41. The summed E-state index contributed by atoms with van der Waals surface area (Å²) >= 11 is 0. The molecule has 0 aliphatic carbocycles. The molecule has 0 radical (unpaired) electrons. The second-order valence-corrected chi connectivity index (χ2v) is 4.52. The largest absolute Gasteiger partial charge is 0.388 e. The molecule has 3 aliphatic rings.